The monoisotopic (exact) mass is 535 g/mol. The molecule has 0 aliphatic heterocycles. The number of carbonyl (C=O) groups is 2. The predicted molar refractivity (Wildman–Crippen MR) is 173 cm³/mol. The Hall–Kier alpha value is -4.77. The molecule has 0 aliphatic rings. The van der Waals surface area contributed by atoms with Gasteiger partial charge in [-0.2, -0.15) is 0 Å². The van der Waals surface area contributed by atoms with Gasteiger partial charge in [0, 0.05) is 29.4 Å². The molecule has 0 atom stereocenters. The molecule has 5 heteroatoms. The lowest BCUT2D eigenvalue weighted by Gasteiger charge is -2.07. The summed E-state index contributed by atoms with van der Waals surface area (Å²) in [4.78, 5) is 27.0. The van der Waals surface area contributed by atoms with Crippen molar-refractivity contribution < 1.29 is 9.59 Å². The first-order valence-electron chi connectivity index (χ1n) is 13.5. The first kappa shape index (κ1) is 33.3. The van der Waals surface area contributed by atoms with Crippen LogP contribution in [0.5, 0.6) is 0 Å². The molecule has 0 fully saturated rings. The maximum Gasteiger partial charge on any atom is 0.255 e. The number of allylic oxidation sites excluding steroid dienone is 1. The van der Waals surface area contributed by atoms with E-state index in [1.807, 2.05) is 121 Å². The summed E-state index contributed by atoms with van der Waals surface area (Å²) in [7, 11) is 1.89. The van der Waals surface area contributed by atoms with Gasteiger partial charge in [-0.25, -0.2) is 0 Å². The van der Waals surface area contributed by atoms with E-state index in [1.54, 1.807) is 30.5 Å². The molecule has 40 heavy (non-hydrogen) atoms. The molecule has 2 N–H and O–H groups in total. The molecule has 208 valence electrons. The highest BCUT2D eigenvalue weighted by atomic mass is 16.1. The molecule has 1 heterocycles. The molecule has 0 unspecified atom stereocenters. The van der Waals surface area contributed by atoms with Gasteiger partial charge in [0.25, 0.3) is 5.91 Å². The normalized spacial score (nSPS) is 9.45. The van der Waals surface area contributed by atoms with Crippen LogP contribution in [0.4, 0.5) is 11.4 Å². The van der Waals surface area contributed by atoms with Gasteiger partial charge in [0.1, 0.15) is 6.29 Å². The molecular weight excluding hydrogens is 494 g/mol. The zero-order chi connectivity index (χ0) is 29.8. The summed E-state index contributed by atoms with van der Waals surface area (Å²) in [6.45, 7) is 13.7. The average molecular weight is 536 g/mol. The van der Waals surface area contributed by atoms with Crippen molar-refractivity contribution in [2.45, 2.75) is 34.6 Å². The summed E-state index contributed by atoms with van der Waals surface area (Å²) in [6, 6.07) is 26.4. The van der Waals surface area contributed by atoms with Crippen LogP contribution in [-0.4, -0.2) is 24.2 Å². The number of aromatic nitrogens is 1. The Morgan fingerprint density at radius 1 is 0.825 bits per heavy atom. The zero-order valence-corrected chi connectivity index (χ0v) is 24.4. The SMILES string of the molecule is C=Cc1ccc(C=O)cc1/C=C\C.CC.CC.CNc1ccc(-c2ccc(NC(=O)c3ccccc3)cn2)cc1. The van der Waals surface area contributed by atoms with E-state index in [2.05, 4.69) is 22.2 Å². The number of anilines is 2. The van der Waals surface area contributed by atoms with Gasteiger partial charge in [0.05, 0.1) is 17.6 Å². The van der Waals surface area contributed by atoms with Crippen molar-refractivity contribution in [1.29, 1.82) is 0 Å². The molecule has 4 aromatic rings. The number of hydrogen-bond donors (Lipinski definition) is 2. The van der Waals surface area contributed by atoms with Gasteiger partial charge in [0.15, 0.2) is 0 Å². The molecule has 0 saturated heterocycles. The Kier molecular flexibility index (Phi) is 16.1. The Bertz CT molecular complexity index is 1330. The van der Waals surface area contributed by atoms with Gasteiger partial charge < -0.3 is 10.6 Å². The number of aldehydes is 1. The lowest BCUT2D eigenvalue weighted by atomic mass is 10.0. The van der Waals surface area contributed by atoms with Crippen LogP contribution in [0.1, 0.15) is 66.5 Å². The van der Waals surface area contributed by atoms with Crippen LogP contribution in [0.2, 0.25) is 0 Å². The molecular formula is C35H41N3O2. The maximum atomic E-state index is 12.1. The molecule has 0 saturated carbocycles. The molecule has 0 radical (unpaired) electrons. The summed E-state index contributed by atoms with van der Waals surface area (Å²) in [5.41, 5.74) is 7.02. The van der Waals surface area contributed by atoms with Crippen molar-refractivity contribution in [3.8, 4) is 11.3 Å². The molecule has 4 rings (SSSR count). The van der Waals surface area contributed by atoms with Crippen molar-refractivity contribution in [1.82, 2.24) is 4.98 Å². The third-order valence-electron chi connectivity index (χ3n) is 5.34. The molecule has 5 nitrogen and oxygen atoms in total. The van der Waals surface area contributed by atoms with Crippen LogP contribution >= 0.6 is 0 Å². The summed E-state index contributed by atoms with van der Waals surface area (Å²) in [5, 5.41) is 5.93. The largest absolute Gasteiger partial charge is 0.388 e. The molecule has 0 aliphatic carbocycles. The number of pyridine rings is 1. The van der Waals surface area contributed by atoms with E-state index < -0.39 is 0 Å². The van der Waals surface area contributed by atoms with Gasteiger partial charge in [-0.1, -0.05) is 95.0 Å². The summed E-state index contributed by atoms with van der Waals surface area (Å²) < 4.78 is 0. The predicted octanol–water partition coefficient (Wildman–Crippen LogP) is 9.27. The van der Waals surface area contributed by atoms with E-state index in [1.165, 1.54) is 0 Å². The lowest BCUT2D eigenvalue weighted by molar-refractivity contribution is 0.102. The van der Waals surface area contributed by atoms with Crippen LogP contribution in [0.25, 0.3) is 23.4 Å². The smallest absolute Gasteiger partial charge is 0.255 e. The highest BCUT2D eigenvalue weighted by molar-refractivity contribution is 6.04. The number of rotatable bonds is 7. The Morgan fingerprint density at radius 3 is 2.00 bits per heavy atom. The summed E-state index contributed by atoms with van der Waals surface area (Å²) in [6.07, 6.45) is 8.20. The van der Waals surface area contributed by atoms with Gasteiger partial charge in [-0.05, 0) is 60.5 Å². The number of carbonyl (C=O) groups excluding carboxylic acids is 2. The van der Waals surface area contributed by atoms with Crippen molar-refractivity contribution >= 4 is 35.7 Å². The highest BCUT2D eigenvalue weighted by Crippen LogP contribution is 2.21. The maximum absolute atomic E-state index is 12.1. The minimum absolute atomic E-state index is 0.140. The van der Waals surface area contributed by atoms with E-state index in [0.29, 0.717) is 16.8 Å². The zero-order valence-electron chi connectivity index (χ0n) is 24.4. The number of nitrogens with zero attached hydrogens (tertiary/aromatic N) is 1. The van der Waals surface area contributed by atoms with E-state index in [0.717, 1.165) is 34.4 Å². The van der Waals surface area contributed by atoms with Gasteiger partial charge >= 0.3 is 0 Å². The molecule has 0 bridgehead atoms. The molecule has 1 amide bonds. The van der Waals surface area contributed by atoms with E-state index in [4.69, 9.17) is 0 Å². The van der Waals surface area contributed by atoms with Crippen molar-refractivity contribution in [2.75, 3.05) is 17.7 Å². The van der Waals surface area contributed by atoms with E-state index in [-0.39, 0.29) is 5.91 Å². The molecule has 1 aromatic heterocycles. The third kappa shape index (κ3) is 10.5. The first-order chi connectivity index (χ1) is 19.6. The summed E-state index contributed by atoms with van der Waals surface area (Å²) >= 11 is 0. The van der Waals surface area contributed by atoms with Crippen LogP contribution in [0.15, 0.2) is 104 Å². The Morgan fingerprint density at radius 2 is 1.48 bits per heavy atom. The fourth-order valence-electron chi connectivity index (χ4n) is 3.42. The minimum Gasteiger partial charge on any atom is -0.388 e. The highest BCUT2D eigenvalue weighted by Gasteiger charge is 2.06. The Labute approximate surface area is 239 Å². The standard InChI is InChI=1S/C19H17N3O.C12H12O.2C2H6/c1-20-16-9-7-14(8-10-16)18-12-11-17(13-21-18)22-19(23)15-5-3-2-4-6-15;1-3-5-12-8-10(9-13)6-7-11(12)4-2;2*1-2/h2-13,20H,1H3,(H,22,23);3-9H,2H2,1H3;2*1-2H3/b;5-3-;;. The summed E-state index contributed by atoms with van der Waals surface area (Å²) in [5.74, 6) is -0.140. The average Bonchev–Trinajstić information content (AvgIpc) is 3.04. The van der Waals surface area contributed by atoms with E-state index >= 15 is 0 Å². The first-order valence-corrected chi connectivity index (χ1v) is 13.5. The fourth-order valence-corrected chi connectivity index (χ4v) is 3.42. The number of nitrogens with one attached hydrogen (secondary N) is 2. The number of hydrogen-bond acceptors (Lipinski definition) is 4. The molecule has 0 spiro atoms. The van der Waals surface area contributed by atoms with Crippen LogP contribution < -0.4 is 10.6 Å². The van der Waals surface area contributed by atoms with Crippen molar-refractivity contribution in [3.05, 3.63) is 126 Å². The minimum atomic E-state index is -0.140. The fraction of sp³-hybridized carbons (Fsp3) is 0.171. The number of amides is 1. The van der Waals surface area contributed by atoms with Gasteiger partial charge in [-0.15, -0.1) is 0 Å². The quantitative estimate of drug-likeness (QED) is 0.231. The van der Waals surface area contributed by atoms with Crippen LogP contribution in [-0.2, 0) is 0 Å². The number of benzene rings is 3. The second-order valence-electron chi connectivity index (χ2n) is 7.79. The van der Waals surface area contributed by atoms with Crippen molar-refractivity contribution in [2.24, 2.45) is 0 Å². The second kappa shape index (κ2) is 19.3. The van der Waals surface area contributed by atoms with E-state index in [9.17, 15) is 9.59 Å². The third-order valence-corrected chi connectivity index (χ3v) is 5.34. The van der Waals surface area contributed by atoms with Crippen LogP contribution in [0, 0.1) is 0 Å². The Balaban J connectivity index is 0.000000401. The van der Waals surface area contributed by atoms with Crippen molar-refractivity contribution in [3.63, 3.8) is 0 Å². The topological polar surface area (TPSA) is 71.1 Å². The molecule has 3 aromatic carbocycles. The van der Waals surface area contributed by atoms with Gasteiger partial charge in [0.2, 0.25) is 0 Å². The lowest BCUT2D eigenvalue weighted by Crippen LogP contribution is -2.11. The van der Waals surface area contributed by atoms with Gasteiger partial charge in [-0.3, -0.25) is 14.6 Å². The van der Waals surface area contributed by atoms with Crippen LogP contribution in [0.3, 0.4) is 0 Å². The second-order valence-corrected chi connectivity index (χ2v) is 7.79.